The molecule has 0 aromatic carbocycles. The predicted octanol–water partition coefficient (Wildman–Crippen LogP) is 16.1. The molecule has 2 saturated heterocycles. The third-order valence-electron chi connectivity index (χ3n) is 18.6. The standard InChI is InChI=1S/C75H141NO13/c1-3-5-7-9-11-13-15-17-19-21-23-24-25-26-27-28-29-30-31-32-33-34-35-36-37-38-39-40-41-43-45-47-49-51-53-55-57-59-67(80)76-63(64(79)58-56-54-52-50-48-46-44-42-22-20-18-16-14-12-10-8-6-4-2)62-86-74-72(85)70(83)73(66(61-78)88-74)89-75-71(84)69(82)68(81)65(60-77)87-75/h15,17,21,23,25-26,63-66,68-75,77-79,81-85H,3-14,16,18-20,22,24,27-62H2,1-2H3,(H,76,80)/b17-15-,23-21-,26-25-. The van der Waals surface area contributed by atoms with Crippen LogP contribution in [0, 0.1) is 0 Å². The molecule has 0 bridgehead atoms. The minimum Gasteiger partial charge on any atom is -0.394 e. The quantitative estimate of drug-likeness (QED) is 0.0204. The SMILES string of the molecule is CCCCCCC/C=C\C/C=C\C/C=C\CCCCCCCCCCCCCCCCCCCCCCCCC(=O)NC(COC1OC(CO)C(OC2OC(CO)C(O)C(O)C2O)C(O)C1O)C(O)CCCCCCCCCCCCCCCCCCCC. The number of hydrogen-bond donors (Lipinski definition) is 9. The first kappa shape index (κ1) is 83.3. The van der Waals surface area contributed by atoms with Gasteiger partial charge in [0, 0.05) is 6.42 Å². The van der Waals surface area contributed by atoms with Crippen molar-refractivity contribution >= 4 is 5.91 Å². The number of aliphatic hydroxyl groups excluding tert-OH is 8. The fourth-order valence-corrected chi connectivity index (χ4v) is 12.6. The van der Waals surface area contributed by atoms with Gasteiger partial charge < -0.3 is 65.1 Å². The van der Waals surface area contributed by atoms with E-state index in [2.05, 4.69) is 55.6 Å². The maximum absolute atomic E-state index is 13.4. The lowest BCUT2D eigenvalue weighted by atomic mass is 9.97. The molecule has 2 fully saturated rings. The van der Waals surface area contributed by atoms with Gasteiger partial charge in [-0.15, -0.1) is 0 Å². The van der Waals surface area contributed by atoms with Gasteiger partial charge in [-0.2, -0.15) is 0 Å². The minimum absolute atomic E-state index is 0.200. The second-order valence-corrected chi connectivity index (χ2v) is 26.8. The summed E-state index contributed by atoms with van der Waals surface area (Å²) in [5.41, 5.74) is 0. The molecule has 0 aromatic rings. The molecule has 2 aliphatic heterocycles. The summed E-state index contributed by atoms with van der Waals surface area (Å²) in [5, 5.41) is 87.6. The summed E-state index contributed by atoms with van der Waals surface area (Å²) in [6, 6.07) is -0.827. The van der Waals surface area contributed by atoms with Crippen molar-refractivity contribution in [2.75, 3.05) is 19.8 Å². The first-order valence-corrected chi connectivity index (χ1v) is 37.7. The summed E-state index contributed by atoms with van der Waals surface area (Å²) in [7, 11) is 0. The zero-order valence-corrected chi connectivity index (χ0v) is 57.2. The topological polar surface area (TPSA) is 228 Å². The summed E-state index contributed by atoms with van der Waals surface area (Å²) < 4.78 is 22.9. The number of rotatable bonds is 63. The smallest absolute Gasteiger partial charge is 0.220 e. The van der Waals surface area contributed by atoms with Crippen molar-refractivity contribution in [1.82, 2.24) is 5.32 Å². The van der Waals surface area contributed by atoms with E-state index in [1.165, 1.54) is 250 Å². The van der Waals surface area contributed by atoms with Crippen molar-refractivity contribution in [3.63, 3.8) is 0 Å². The summed E-state index contributed by atoms with van der Waals surface area (Å²) >= 11 is 0. The maximum atomic E-state index is 13.4. The highest BCUT2D eigenvalue weighted by atomic mass is 16.7. The Bertz CT molecular complexity index is 1630. The van der Waals surface area contributed by atoms with Gasteiger partial charge in [0.05, 0.1) is 32.0 Å². The van der Waals surface area contributed by atoms with Gasteiger partial charge in [-0.05, 0) is 51.4 Å². The fourth-order valence-electron chi connectivity index (χ4n) is 12.6. The van der Waals surface area contributed by atoms with Gasteiger partial charge in [0.2, 0.25) is 5.91 Å². The monoisotopic (exact) mass is 1260 g/mol. The van der Waals surface area contributed by atoms with Crippen LogP contribution >= 0.6 is 0 Å². The number of hydrogen-bond acceptors (Lipinski definition) is 13. The Labute approximate surface area is 544 Å². The third-order valence-corrected chi connectivity index (χ3v) is 18.6. The van der Waals surface area contributed by atoms with Crippen molar-refractivity contribution in [3.05, 3.63) is 36.5 Å². The zero-order chi connectivity index (χ0) is 64.5. The highest BCUT2D eigenvalue weighted by Gasteiger charge is 2.51. The molecule has 12 unspecified atom stereocenters. The first-order chi connectivity index (χ1) is 43.6. The van der Waals surface area contributed by atoms with E-state index < -0.39 is 86.8 Å². The molecule has 2 aliphatic rings. The molecule has 1 amide bonds. The van der Waals surface area contributed by atoms with Crippen LogP contribution in [0.4, 0.5) is 0 Å². The lowest BCUT2D eigenvalue weighted by Gasteiger charge is -2.46. The van der Waals surface area contributed by atoms with E-state index >= 15 is 0 Å². The molecule has 0 saturated carbocycles. The average Bonchev–Trinajstić information content (AvgIpc) is 1.44. The number of allylic oxidation sites excluding steroid dienone is 6. The van der Waals surface area contributed by atoms with Crippen molar-refractivity contribution in [2.24, 2.45) is 0 Å². The molecule has 524 valence electrons. The molecule has 14 heteroatoms. The number of amides is 1. The summed E-state index contributed by atoms with van der Waals surface area (Å²) in [5.74, 6) is -0.200. The Morgan fingerprint density at radius 1 is 0.404 bits per heavy atom. The van der Waals surface area contributed by atoms with Gasteiger partial charge in [-0.1, -0.05) is 320 Å². The molecule has 2 heterocycles. The van der Waals surface area contributed by atoms with Crippen LogP contribution in [0.1, 0.15) is 341 Å². The van der Waals surface area contributed by atoms with Crippen molar-refractivity contribution in [2.45, 2.75) is 415 Å². The van der Waals surface area contributed by atoms with Gasteiger partial charge >= 0.3 is 0 Å². The Balaban J connectivity index is 1.58. The number of unbranched alkanes of at least 4 members (excludes halogenated alkanes) is 44. The van der Waals surface area contributed by atoms with Gasteiger partial charge in [-0.3, -0.25) is 4.79 Å². The Hall–Kier alpha value is -1.79. The van der Waals surface area contributed by atoms with Gasteiger partial charge in [-0.25, -0.2) is 0 Å². The largest absolute Gasteiger partial charge is 0.394 e. The van der Waals surface area contributed by atoms with E-state index in [0.29, 0.717) is 12.8 Å². The van der Waals surface area contributed by atoms with E-state index in [0.717, 1.165) is 64.2 Å². The van der Waals surface area contributed by atoms with Crippen LogP contribution in [0.15, 0.2) is 36.5 Å². The van der Waals surface area contributed by atoms with Crippen molar-refractivity contribution in [3.8, 4) is 0 Å². The van der Waals surface area contributed by atoms with Crippen LogP contribution in [-0.2, 0) is 23.7 Å². The van der Waals surface area contributed by atoms with Crippen LogP contribution in [0.5, 0.6) is 0 Å². The highest BCUT2D eigenvalue weighted by molar-refractivity contribution is 5.76. The number of carbonyl (C=O) groups is 1. The molecule has 89 heavy (non-hydrogen) atoms. The van der Waals surface area contributed by atoms with Crippen molar-refractivity contribution in [1.29, 1.82) is 0 Å². The van der Waals surface area contributed by atoms with Crippen LogP contribution in [0.3, 0.4) is 0 Å². The number of aliphatic hydroxyl groups is 8. The van der Waals surface area contributed by atoms with Crippen LogP contribution in [0.2, 0.25) is 0 Å². The van der Waals surface area contributed by atoms with Crippen LogP contribution < -0.4 is 5.32 Å². The Kier molecular flexibility index (Phi) is 56.1. The zero-order valence-electron chi connectivity index (χ0n) is 57.2. The minimum atomic E-state index is -1.78. The van der Waals surface area contributed by atoms with E-state index in [1.807, 2.05) is 0 Å². The molecular formula is C75H141NO13. The van der Waals surface area contributed by atoms with E-state index in [-0.39, 0.29) is 12.5 Å². The lowest BCUT2D eigenvalue weighted by Crippen LogP contribution is -2.65. The first-order valence-electron chi connectivity index (χ1n) is 37.7. The summed E-state index contributed by atoms with van der Waals surface area (Å²) in [6.07, 6.45) is 60.4. The summed E-state index contributed by atoms with van der Waals surface area (Å²) in [4.78, 5) is 13.4. The Morgan fingerprint density at radius 2 is 0.742 bits per heavy atom. The molecule has 9 N–H and O–H groups in total. The third kappa shape index (κ3) is 43.7. The van der Waals surface area contributed by atoms with E-state index in [4.69, 9.17) is 18.9 Å². The predicted molar refractivity (Wildman–Crippen MR) is 365 cm³/mol. The fraction of sp³-hybridized carbons (Fsp3) is 0.907. The second kappa shape index (κ2) is 59.9. The summed E-state index contributed by atoms with van der Waals surface area (Å²) in [6.45, 7) is 2.90. The number of ether oxygens (including phenoxy) is 4. The molecular weight excluding hydrogens is 1120 g/mol. The molecule has 0 radical (unpaired) electrons. The molecule has 0 spiro atoms. The van der Waals surface area contributed by atoms with Gasteiger partial charge in [0.25, 0.3) is 0 Å². The lowest BCUT2D eigenvalue weighted by molar-refractivity contribution is -0.359. The average molecular weight is 1260 g/mol. The van der Waals surface area contributed by atoms with Gasteiger partial charge in [0.1, 0.15) is 48.8 Å². The maximum Gasteiger partial charge on any atom is 0.220 e. The van der Waals surface area contributed by atoms with Crippen LogP contribution in [0.25, 0.3) is 0 Å². The molecule has 0 aliphatic carbocycles. The van der Waals surface area contributed by atoms with Gasteiger partial charge in [0.15, 0.2) is 12.6 Å². The molecule has 0 aromatic heterocycles. The number of carbonyl (C=O) groups excluding carboxylic acids is 1. The van der Waals surface area contributed by atoms with E-state index in [1.54, 1.807) is 0 Å². The highest BCUT2D eigenvalue weighted by Crippen LogP contribution is 2.30. The molecule has 14 nitrogen and oxygen atoms in total. The van der Waals surface area contributed by atoms with Crippen LogP contribution in [-0.4, -0.2) is 140 Å². The normalized spacial score (nSPS) is 23.2. The van der Waals surface area contributed by atoms with E-state index in [9.17, 15) is 45.6 Å². The number of nitrogens with one attached hydrogen (secondary N) is 1. The second-order valence-electron chi connectivity index (χ2n) is 26.8. The van der Waals surface area contributed by atoms with Crippen molar-refractivity contribution < 1.29 is 64.6 Å². The molecule has 12 atom stereocenters. The Morgan fingerprint density at radius 3 is 1.13 bits per heavy atom. The molecule has 2 rings (SSSR count).